The number of methoxy groups -OCH3 is 1. The van der Waals surface area contributed by atoms with Crippen LogP contribution >= 0.6 is 0 Å². The molecule has 0 amide bonds. The molecule has 2 aromatic rings. The Kier molecular flexibility index (Phi) is 5.52. The van der Waals surface area contributed by atoms with E-state index in [-0.39, 0.29) is 0 Å². The van der Waals surface area contributed by atoms with Crippen LogP contribution in [0.4, 0.5) is 5.82 Å². The largest absolute Gasteiger partial charge is 0.383 e. The highest BCUT2D eigenvalue weighted by molar-refractivity contribution is 5.68. The van der Waals surface area contributed by atoms with Crippen LogP contribution in [0.2, 0.25) is 0 Å². The van der Waals surface area contributed by atoms with Gasteiger partial charge in [-0.15, -0.1) is 0 Å². The van der Waals surface area contributed by atoms with Crippen molar-refractivity contribution in [3.05, 3.63) is 24.2 Å². The zero-order chi connectivity index (χ0) is 15.2. The number of hydrogen-bond donors (Lipinski definition) is 1. The number of rotatable bonds is 8. The Morgan fingerprint density at radius 1 is 1.38 bits per heavy atom. The Morgan fingerprint density at radius 2 is 2.19 bits per heavy atom. The van der Waals surface area contributed by atoms with E-state index < -0.39 is 0 Å². The van der Waals surface area contributed by atoms with Gasteiger partial charge in [0.15, 0.2) is 5.82 Å². The molecule has 0 bridgehead atoms. The fourth-order valence-electron chi connectivity index (χ4n) is 2.16. The maximum absolute atomic E-state index is 5.02. The lowest BCUT2D eigenvalue weighted by Crippen LogP contribution is -2.31. The molecule has 0 atom stereocenters. The van der Waals surface area contributed by atoms with Crippen LogP contribution in [-0.4, -0.2) is 55.0 Å². The summed E-state index contributed by atoms with van der Waals surface area (Å²) in [6.45, 7) is 7.69. The molecule has 0 saturated carbocycles. The van der Waals surface area contributed by atoms with Crippen LogP contribution in [0.15, 0.2) is 18.5 Å². The molecule has 0 fully saturated rings. The molecule has 0 unspecified atom stereocenters. The van der Waals surface area contributed by atoms with Gasteiger partial charge in [-0.1, -0.05) is 13.8 Å². The SMILES string of the molecule is COCCNCCN(C)c1nccn2nc(C(C)C)cc12. The van der Waals surface area contributed by atoms with E-state index in [1.807, 2.05) is 10.7 Å². The van der Waals surface area contributed by atoms with Crippen LogP contribution in [0.25, 0.3) is 5.52 Å². The number of anilines is 1. The van der Waals surface area contributed by atoms with Gasteiger partial charge in [-0.2, -0.15) is 5.10 Å². The van der Waals surface area contributed by atoms with Gasteiger partial charge in [0.25, 0.3) is 0 Å². The van der Waals surface area contributed by atoms with Gasteiger partial charge < -0.3 is 15.0 Å². The molecule has 2 rings (SSSR count). The van der Waals surface area contributed by atoms with Crippen molar-refractivity contribution in [2.45, 2.75) is 19.8 Å². The van der Waals surface area contributed by atoms with Crippen molar-refractivity contribution in [1.29, 1.82) is 0 Å². The van der Waals surface area contributed by atoms with Crippen molar-refractivity contribution >= 4 is 11.3 Å². The Balaban J connectivity index is 2.06. The van der Waals surface area contributed by atoms with Crippen LogP contribution in [0.5, 0.6) is 0 Å². The fraction of sp³-hybridized carbons (Fsp3) is 0.600. The van der Waals surface area contributed by atoms with Crippen LogP contribution in [0, 0.1) is 0 Å². The molecule has 6 nitrogen and oxygen atoms in total. The predicted octanol–water partition coefficient (Wildman–Crippen LogP) is 1.52. The minimum Gasteiger partial charge on any atom is -0.383 e. The number of ether oxygens (including phenoxy) is 1. The molecule has 2 aromatic heterocycles. The summed E-state index contributed by atoms with van der Waals surface area (Å²) in [6.07, 6.45) is 3.70. The molecular weight excluding hydrogens is 266 g/mol. The molecule has 0 aliphatic rings. The van der Waals surface area contributed by atoms with Crippen LogP contribution in [-0.2, 0) is 4.74 Å². The molecule has 0 aliphatic carbocycles. The maximum Gasteiger partial charge on any atom is 0.154 e. The van der Waals surface area contributed by atoms with Crippen LogP contribution in [0.3, 0.4) is 0 Å². The molecule has 0 aliphatic heterocycles. The number of aromatic nitrogens is 3. The molecule has 2 heterocycles. The van der Waals surface area contributed by atoms with E-state index in [1.165, 1.54) is 0 Å². The summed E-state index contributed by atoms with van der Waals surface area (Å²) in [6, 6.07) is 2.13. The first-order chi connectivity index (χ1) is 10.1. The van der Waals surface area contributed by atoms with Gasteiger partial charge >= 0.3 is 0 Å². The second-order valence-corrected chi connectivity index (χ2v) is 5.47. The highest BCUT2D eigenvalue weighted by Crippen LogP contribution is 2.21. The minimum atomic E-state index is 0.416. The standard InChI is InChI=1S/C15H25N5O/c1-12(2)13-11-14-15(17-6-9-20(14)18-13)19(3)8-5-16-7-10-21-4/h6,9,11-12,16H,5,7-8,10H2,1-4H3. The Labute approximate surface area is 126 Å². The molecule has 21 heavy (non-hydrogen) atoms. The summed E-state index contributed by atoms with van der Waals surface area (Å²) in [5, 5.41) is 7.94. The van der Waals surface area contributed by atoms with Crippen molar-refractivity contribution in [3.8, 4) is 0 Å². The third kappa shape index (κ3) is 3.92. The minimum absolute atomic E-state index is 0.416. The molecule has 0 saturated heterocycles. The van der Waals surface area contributed by atoms with Gasteiger partial charge in [0.1, 0.15) is 5.52 Å². The van der Waals surface area contributed by atoms with E-state index in [9.17, 15) is 0 Å². The number of nitrogens with zero attached hydrogens (tertiary/aromatic N) is 4. The van der Waals surface area contributed by atoms with Gasteiger partial charge in [-0.25, -0.2) is 9.50 Å². The Morgan fingerprint density at radius 3 is 2.90 bits per heavy atom. The number of hydrogen-bond acceptors (Lipinski definition) is 5. The van der Waals surface area contributed by atoms with E-state index >= 15 is 0 Å². The first-order valence-corrected chi connectivity index (χ1v) is 7.38. The monoisotopic (exact) mass is 291 g/mol. The van der Waals surface area contributed by atoms with E-state index in [1.54, 1.807) is 13.3 Å². The van der Waals surface area contributed by atoms with Crippen LogP contribution in [0.1, 0.15) is 25.5 Å². The van der Waals surface area contributed by atoms with Gasteiger partial charge in [0.2, 0.25) is 0 Å². The number of likely N-dealkylation sites (N-methyl/N-ethyl adjacent to an activating group) is 1. The summed E-state index contributed by atoms with van der Waals surface area (Å²) >= 11 is 0. The normalized spacial score (nSPS) is 11.5. The van der Waals surface area contributed by atoms with Gasteiger partial charge in [0.05, 0.1) is 12.3 Å². The third-order valence-corrected chi connectivity index (χ3v) is 3.45. The summed E-state index contributed by atoms with van der Waals surface area (Å²) in [5.41, 5.74) is 2.15. The van der Waals surface area contributed by atoms with Gasteiger partial charge in [-0.05, 0) is 12.0 Å². The summed E-state index contributed by atoms with van der Waals surface area (Å²) in [4.78, 5) is 6.66. The van der Waals surface area contributed by atoms with Crippen molar-refractivity contribution in [1.82, 2.24) is 19.9 Å². The molecule has 1 N–H and O–H groups in total. The molecule has 0 radical (unpaired) electrons. The maximum atomic E-state index is 5.02. The number of fused-ring (bicyclic) bond motifs is 1. The van der Waals surface area contributed by atoms with Gasteiger partial charge in [-0.3, -0.25) is 0 Å². The second-order valence-electron chi connectivity index (χ2n) is 5.47. The molecule has 116 valence electrons. The van der Waals surface area contributed by atoms with Crippen molar-refractivity contribution in [3.63, 3.8) is 0 Å². The van der Waals surface area contributed by atoms with E-state index in [0.29, 0.717) is 5.92 Å². The fourth-order valence-corrected chi connectivity index (χ4v) is 2.16. The van der Waals surface area contributed by atoms with Crippen molar-refractivity contribution in [2.24, 2.45) is 0 Å². The quantitative estimate of drug-likeness (QED) is 0.747. The summed E-state index contributed by atoms with van der Waals surface area (Å²) in [5.74, 6) is 1.38. The molecular formula is C15H25N5O. The molecule has 0 spiro atoms. The topological polar surface area (TPSA) is 54.7 Å². The highest BCUT2D eigenvalue weighted by Gasteiger charge is 2.12. The molecule has 6 heteroatoms. The second kappa shape index (κ2) is 7.38. The van der Waals surface area contributed by atoms with E-state index in [4.69, 9.17) is 4.74 Å². The number of nitrogens with one attached hydrogen (secondary N) is 1. The van der Waals surface area contributed by atoms with Crippen molar-refractivity contribution in [2.75, 3.05) is 45.3 Å². The lowest BCUT2D eigenvalue weighted by molar-refractivity contribution is 0.200. The predicted molar refractivity (Wildman–Crippen MR) is 85.1 cm³/mol. The van der Waals surface area contributed by atoms with Gasteiger partial charge in [0, 0.05) is 46.2 Å². The van der Waals surface area contributed by atoms with E-state index in [0.717, 1.165) is 43.3 Å². The first kappa shape index (κ1) is 15.7. The lowest BCUT2D eigenvalue weighted by Gasteiger charge is -2.19. The molecule has 0 aromatic carbocycles. The lowest BCUT2D eigenvalue weighted by atomic mass is 10.1. The summed E-state index contributed by atoms with van der Waals surface area (Å²) in [7, 11) is 3.77. The van der Waals surface area contributed by atoms with E-state index in [2.05, 4.69) is 47.3 Å². The third-order valence-electron chi connectivity index (χ3n) is 3.45. The Bertz CT molecular complexity index is 566. The van der Waals surface area contributed by atoms with Crippen LogP contribution < -0.4 is 10.2 Å². The smallest absolute Gasteiger partial charge is 0.154 e. The highest BCUT2D eigenvalue weighted by atomic mass is 16.5. The zero-order valence-electron chi connectivity index (χ0n) is 13.3. The zero-order valence-corrected chi connectivity index (χ0v) is 13.3. The first-order valence-electron chi connectivity index (χ1n) is 7.38. The average molecular weight is 291 g/mol. The summed E-state index contributed by atoms with van der Waals surface area (Å²) < 4.78 is 6.93. The van der Waals surface area contributed by atoms with Crippen molar-refractivity contribution < 1.29 is 4.74 Å². The Hall–Kier alpha value is -1.66. The average Bonchev–Trinajstić information content (AvgIpc) is 2.91.